The summed E-state index contributed by atoms with van der Waals surface area (Å²) in [5.41, 5.74) is 3.20. The Morgan fingerprint density at radius 3 is 2.34 bits per heavy atom. The van der Waals surface area contributed by atoms with E-state index < -0.39 is 56.0 Å². The first kappa shape index (κ1) is 44.7. The molecule has 2 saturated heterocycles. The number of fused-ring (bicyclic) bond motifs is 6. The van der Waals surface area contributed by atoms with E-state index in [1.165, 1.54) is 31.0 Å². The van der Waals surface area contributed by atoms with E-state index in [-0.39, 0.29) is 91.7 Å². The first-order chi connectivity index (χ1) is 28.8. The van der Waals surface area contributed by atoms with Crippen molar-refractivity contribution in [1.29, 1.82) is 0 Å². The number of halogens is 4. The normalized spacial score (nSPS) is 20.0. The highest BCUT2D eigenvalue weighted by molar-refractivity contribution is 7.99. The lowest BCUT2D eigenvalue weighted by Crippen LogP contribution is -2.67. The molecule has 1 amide bonds. The first-order valence-electron chi connectivity index (χ1n) is 21.0. The van der Waals surface area contributed by atoms with Crippen LogP contribution in [0.4, 0.5) is 28.2 Å². The summed E-state index contributed by atoms with van der Waals surface area (Å²) in [5.74, 6) is 2.47. The molecule has 0 unspecified atom stereocenters. The van der Waals surface area contributed by atoms with Gasteiger partial charge >= 0.3 is 6.09 Å². The summed E-state index contributed by atoms with van der Waals surface area (Å²) in [6.07, 6.45) is -4.53. The average Bonchev–Trinajstić information content (AvgIpc) is 3.42. The Bertz CT molecular complexity index is 2380. The Morgan fingerprint density at radius 2 is 1.72 bits per heavy atom. The number of carbonyl (C=O) groups excluding carboxylic acids is 1. The van der Waals surface area contributed by atoms with Crippen LogP contribution in [0.25, 0.3) is 32.9 Å². The Labute approximate surface area is 360 Å². The van der Waals surface area contributed by atoms with E-state index in [9.17, 15) is 4.79 Å². The summed E-state index contributed by atoms with van der Waals surface area (Å²) in [5, 5.41) is 1.01. The van der Waals surface area contributed by atoms with Gasteiger partial charge in [-0.15, -0.1) is 5.54 Å². The highest BCUT2D eigenvalue weighted by atomic mass is 32.2. The predicted octanol–water partition coefficient (Wildman–Crippen LogP) is 10.8. The van der Waals surface area contributed by atoms with Crippen LogP contribution in [0.15, 0.2) is 29.4 Å². The number of hydrogen-bond acceptors (Lipinski definition) is 10. The van der Waals surface area contributed by atoms with Gasteiger partial charge in [-0.05, 0) is 79.6 Å². The van der Waals surface area contributed by atoms with Gasteiger partial charge in [0, 0.05) is 24.6 Å². The number of rotatable bonds is 10. The summed E-state index contributed by atoms with van der Waals surface area (Å²) >= 11 is 1.27. The molecule has 0 aliphatic carbocycles. The maximum atomic E-state index is 17.8. The zero-order valence-electron chi connectivity index (χ0n) is 36.7. The van der Waals surface area contributed by atoms with Gasteiger partial charge in [0.25, 0.3) is 6.43 Å². The third-order valence-electron chi connectivity index (χ3n) is 12.3. The molecule has 0 N–H and O–H groups in total. The van der Waals surface area contributed by atoms with Gasteiger partial charge in [0.1, 0.15) is 47.7 Å². The zero-order chi connectivity index (χ0) is 44.3. The molecule has 2 aromatic heterocycles. The van der Waals surface area contributed by atoms with Crippen LogP contribution in [0.3, 0.4) is 0 Å². The second-order valence-corrected chi connectivity index (χ2v) is 24.8. The number of methoxy groups -OCH3 is 1. The zero-order valence-corrected chi connectivity index (χ0v) is 38.5. The maximum absolute atomic E-state index is 17.8. The Balaban J connectivity index is 1.51. The summed E-state index contributed by atoms with van der Waals surface area (Å²) in [6.45, 7) is 20.1. The van der Waals surface area contributed by atoms with E-state index in [0.717, 1.165) is 0 Å². The van der Waals surface area contributed by atoms with Crippen LogP contribution in [-0.4, -0.2) is 96.5 Å². The molecule has 328 valence electrons. The molecule has 10 nitrogen and oxygen atoms in total. The molecule has 61 heavy (non-hydrogen) atoms. The maximum Gasteiger partial charge on any atom is 0.410 e. The monoisotopic (exact) mass is 881 g/mol. The minimum absolute atomic E-state index is 0.0313. The molecular formula is C45H55F4N5O5SSi. The second-order valence-electron chi connectivity index (χ2n) is 18.0. The van der Waals surface area contributed by atoms with Gasteiger partial charge in [-0.2, -0.15) is 0 Å². The summed E-state index contributed by atoms with van der Waals surface area (Å²) in [7, 11) is -0.934. The molecule has 0 saturated carbocycles. The second kappa shape index (κ2) is 17.1. The van der Waals surface area contributed by atoms with Gasteiger partial charge in [0.2, 0.25) is 5.88 Å². The summed E-state index contributed by atoms with van der Waals surface area (Å²) < 4.78 is 88.6. The minimum atomic E-state index is -3.06. The van der Waals surface area contributed by atoms with Gasteiger partial charge < -0.3 is 23.8 Å². The molecule has 4 atom stereocenters. The highest BCUT2D eigenvalue weighted by Gasteiger charge is 2.56. The lowest BCUT2D eigenvalue weighted by molar-refractivity contribution is -0.0371. The minimum Gasteiger partial charge on any atom is -0.468 e. The van der Waals surface area contributed by atoms with Crippen molar-refractivity contribution < 1.29 is 41.3 Å². The number of thioether (sulfide) groups is 1. The van der Waals surface area contributed by atoms with Crippen LogP contribution < -0.4 is 14.4 Å². The van der Waals surface area contributed by atoms with Crippen molar-refractivity contribution >= 4 is 53.4 Å². The number of nitrogens with zero attached hydrogens (tertiary/aromatic N) is 5. The highest BCUT2D eigenvalue weighted by Crippen LogP contribution is 2.49. The number of alkyl halides is 2. The Kier molecular flexibility index (Phi) is 12.5. The van der Waals surface area contributed by atoms with Gasteiger partial charge in [0.05, 0.1) is 23.7 Å². The number of benzene rings is 2. The fraction of sp³-hybridized carbons (Fsp3) is 0.556. The van der Waals surface area contributed by atoms with Gasteiger partial charge in [-0.1, -0.05) is 72.2 Å². The smallest absolute Gasteiger partial charge is 0.410 e. The van der Waals surface area contributed by atoms with Gasteiger partial charge in [0.15, 0.2) is 23.9 Å². The molecular weight excluding hydrogens is 827 g/mol. The van der Waals surface area contributed by atoms with Crippen LogP contribution >= 0.6 is 11.8 Å². The molecule has 4 aromatic rings. The molecule has 7 rings (SSSR count). The first-order valence-corrected chi connectivity index (χ1v) is 24.2. The third kappa shape index (κ3) is 7.99. The quantitative estimate of drug-likeness (QED) is 0.0382. The molecule has 2 aromatic carbocycles. The fourth-order valence-corrected chi connectivity index (χ4v) is 15.7. The summed E-state index contributed by atoms with van der Waals surface area (Å²) in [4.78, 5) is 31.2. The number of pyridine rings is 1. The van der Waals surface area contributed by atoms with Crippen molar-refractivity contribution in [2.45, 2.75) is 140 Å². The average molecular weight is 882 g/mol. The van der Waals surface area contributed by atoms with E-state index >= 15 is 17.6 Å². The van der Waals surface area contributed by atoms with Crippen LogP contribution in [0, 0.1) is 23.1 Å². The molecule has 3 aliphatic rings. The van der Waals surface area contributed by atoms with E-state index in [1.807, 2.05) is 6.92 Å². The number of ether oxygens (including phenoxy) is 4. The summed E-state index contributed by atoms with van der Waals surface area (Å²) in [6, 6.07) is 3.89. The Hall–Kier alpha value is -4.33. The van der Waals surface area contributed by atoms with Crippen molar-refractivity contribution in [1.82, 2.24) is 19.9 Å². The molecule has 0 spiro atoms. The number of aromatic nitrogens is 3. The number of carbonyl (C=O) groups is 1. The topological polar surface area (TPSA) is 99.1 Å². The van der Waals surface area contributed by atoms with Gasteiger partial charge in [-0.25, -0.2) is 37.3 Å². The van der Waals surface area contributed by atoms with E-state index in [1.54, 1.807) is 42.7 Å². The van der Waals surface area contributed by atoms with E-state index in [0.29, 0.717) is 24.0 Å². The van der Waals surface area contributed by atoms with Crippen molar-refractivity contribution in [3.63, 3.8) is 0 Å². The largest absolute Gasteiger partial charge is 0.468 e. The molecule has 2 fully saturated rings. The van der Waals surface area contributed by atoms with E-state index in [2.05, 4.69) is 58.0 Å². The number of amides is 1. The van der Waals surface area contributed by atoms with Crippen molar-refractivity contribution in [3.8, 4) is 34.4 Å². The predicted molar refractivity (Wildman–Crippen MR) is 233 cm³/mol. The lowest BCUT2D eigenvalue weighted by Gasteiger charge is -2.48. The molecule has 3 aliphatic heterocycles. The van der Waals surface area contributed by atoms with Crippen LogP contribution in [0.1, 0.15) is 87.6 Å². The molecule has 5 heterocycles. The fourth-order valence-electron chi connectivity index (χ4n) is 9.91. The van der Waals surface area contributed by atoms with Crippen LogP contribution in [0.5, 0.6) is 11.6 Å². The van der Waals surface area contributed by atoms with Crippen LogP contribution in [-0.2, 0) is 9.47 Å². The molecule has 2 bridgehead atoms. The standard InChI is InChI=1S/C45H55F4N5O5SSi/c1-12-60-43-51-37-34-41(52-43)53-21-27-14-16-32(54(27)44(55)59-45(8,9)10)38(53)39(40(48)49)58-42(34)50-36(35(37)47)30-20-28(57-22-56-11)19-26-13-15-31(46)29(33(26)30)17-18-61(23(2)3,24(4)5)25(6)7/h13,15,19-20,23-25,27,32,38-40H,12,14,16,21-22H2,1-11H3/t27-,32+,38+,39+/m1/s1. The van der Waals surface area contributed by atoms with Crippen LogP contribution in [0.2, 0.25) is 16.6 Å². The SMILES string of the molecule is CCSc1nc2c3c(nc(-c4cc(OCOC)cc5ccc(F)c(C#C[Si](C(C)C)(C(C)C)C(C)C)c45)c(F)c3n1)O[C@H](C(F)F)[C@@H]1[C@@H]3CC[C@H](CN21)N3C(=O)OC(C)(C)C. The molecule has 0 radical (unpaired) electrons. The Morgan fingerprint density at radius 1 is 1.02 bits per heavy atom. The number of hydrogen-bond donors (Lipinski definition) is 0. The van der Waals surface area contributed by atoms with Gasteiger partial charge in [-0.3, -0.25) is 4.90 Å². The van der Waals surface area contributed by atoms with E-state index in [4.69, 9.17) is 28.9 Å². The molecule has 16 heteroatoms. The number of piperazine rings is 1. The van der Waals surface area contributed by atoms with Crippen molar-refractivity contribution in [2.75, 3.05) is 31.1 Å². The van der Waals surface area contributed by atoms with Crippen molar-refractivity contribution in [2.24, 2.45) is 0 Å². The number of anilines is 1. The lowest BCUT2D eigenvalue weighted by atomic mass is 9.95. The van der Waals surface area contributed by atoms with Crippen molar-refractivity contribution in [3.05, 3.63) is 41.5 Å². The third-order valence-corrected chi connectivity index (χ3v) is 19.3.